The van der Waals surface area contributed by atoms with E-state index in [1.165, 1.54) is 17.2 Å². The lowest BCUT2D eigenvalue weighted by molar-refractivity contribution is -0.116. The van der Waals surface area contributed by atoms with Crippen molar-refractivity contribution in [3.05, 3.63) is 12.7 Å². The first kappa shape index (κ1) is 19.1. The summed E-state index contributed by atoms with van der Waals surface area (Å²) in [5, 5.41) is 9.68. The third-order valence-corrected chi connectivity index (χ3v) is 3.95. The average Bonchev–Trinajstić information content (AvgIpc) is 2.95. The molecule has 0 aromatic carbocycles. The van der Waals surface area contributed by atoms with Crippen LogP contribution in [0.15, 0.2) is 12.7 Å². The minimum absolute atomic E-state index is 0.191. The standard InChI is InChI=1S/C11H17FN5O5PS/c1-6(17-5-16-9-10(13)14-4-15-11(9)17)22-8(7(18)2-12)3-21-23(19,20)24/h4-8,18H,2-3H2,1H3,(H2,13,14,15)(H2,19,20,24)/t6-,7-,8?/m1/s1. The fourth-order valence-corrected chi connectivity index (χ4v) is 2.49. The van der Waals surface area contributed by atoms with E-state index in [9.17, 15) is 9.50 Å². The number of halogens is 1. The summed E-state index contributed by atoms with van der Waals surface area (Å²) >= 11 is 4.32. The van der Waals surface area contributed by atoms with Crippen molar-refractivity contribution < 1.29 is 28.5 Å². The maximum Gasteiger partial charge on any atom is 0.321 e. The fraction of sp³-hybridized carbons (Fsp3) is 0.545. The number of fused-ring (bicyclic) bond motifs is 1. The molecule has 5 N–H and O–H groups in total. The first-order valence-corrected chi connectivity index (χ1v) is 9.38. The van der Waals surface area contributed by atoms with Crippen LogP contribution in [0.25, 0.3) is 11.2 Å². The van der Waals surface area contributed by atoms with Crippen molar-refractivity contribution in [2.45, 2.75) is 25.4 Å². The van der Waals surface area contributed by atoms with Crippen LogP contribution in [-0.4, -0.2) is 59.9 Å². The van der Waals surface area contributed by atoms with Crippen molar-refractivity contribution in [3.8, 4) is 0 Å². The second-order valence-electron chi connectivity index (χ2n) is 4.86. The summed E-state index contributed by atoms with van der Waals surface area (Å²) in [6, 6.07) is 0. The number of nitrogens with two attached hydrogens (primary N) is 1. The van der Waals surface area contributed by atoms with Gasteiger partial charge in [-0.3, -0.25) is 4.57 Å². The van der Waals surface area contributed by atoms with Crippen LogP contribution in [0.5, 0.6) is 0 Å². The van der Waals surface area contributed by atoms with Gasteiger partial charge in [0.15, 0.2) is 11.5 Å². The maximum atomic E-state index is 12.8. The lowest BCUT2D eigenvalue weighted by Gasteiger charge is -2.26. The van der Waals surface area contributed by atoms with Crippen LogP contribution < -0.4 is 5.73 Å². The largest absolute Gasteiger partial charge is 0.388 e. The molecule has 13 heteroatoms. The van der Waals surface area contributed by atoms with E-state index in [2.05, 4.69) is 31.3 Å². The highest BCUT2D eigenvalue weighted by Crippen LogP contribution is 2.37. The van der Waals surface area contributed by atoms with Gasteiger partial charge >= 0.3 is 6.72 Å². The predicted octanol–water partition coefficient (Wildman–Crippen LogP) is -0.132. The molecule has 134 valence electrons. The monoisotopic (exact) mass is 381 g/mol. The Morgan fingerprint density at radius 2 is 2.12 bits per heavy atom. The molecule has 0 amide bonds. The van der Waals surface area contributed by atoms with E-state index in [0.29, 0.717) is 11.2 Å². The number of imidazole rings is 1. The Hall–Kier alpha value is -1.27. The number of ether oxygens (including phenoxy) is 1. The number of nitrogen functional groups attached to an aromatic ring is 1. The Kier molecular flexibility index (Phi) is 6.15. The Labute approximate surface area is 141 Å². The van der Waals surface area contributed by atoms with Crippen molar-refractivity contribution >= 4 is 35.5 Å². The molecule has 0 spiro atoms. The minimum atomic E-state index is -3.96. The minimum Gasteiger partial charge on any atom is -0.388 e. The first-order chi connectivity index (χ1) is 11.2. The van der Waals surface area contributed by atoms with E-state index < -0.39 is 38.4 Å². The third-order valence-electron chi connectivity index (χ3n) is 3.14. The molecule has 2 aromatic rings. The number of aliphatic hydroxyl groups excluding tert-OH is 1. The van der Waals surface area contributed by atoms with Crippen molar-refractivity contribution in [2.24, 2.45) is 0 Å². The quantitative estimate of drug-likeness (QED) is 0.456. The van der Waals surface area contributed by atoms with Crippen LogP contribution in [0, 0.1) is 0 Å². The van der Waals surface area contributed by atoms with Crippen molar-refractivity contribution in [3.63, 3.8) is 0 Å². The number of anilines is 1. The summed E-state index contributed by atoms with van der Waals surface area (Å²) in [5.74, 6) is 0.191. The highest BCUT2D eigenvalue weighted by molar-refractivity contribution is 8.06. The zero-order chi connectivity index (χ0) is 17.9. The lowest BCUT2D eigenvalue weighted by atomic mass is 10.2. The molecule has 0 aliphatic heterocycles. The molecule has 2 heterocycles. The van der Waals surface area contributed by atoms with E-state index in [0.717, 1.165) is 0 Å². The molecule has 2 aromatic heterocycles. The zero-order valence-electron chi connectivity index (χ0n) is 12.6. The molecule has 0 bridgehead atoms. The van der Waals surface area contributed by atoms with Crippen LogP contribution in [0.1, 0.15) is 13.2 Å². The molecule has 2 rings (SSSR count). The Bertz CT molecular complexity index is 743. The molecule has 0 aliphatic carbocycles. The van der Waals surface area contributed by atoms with Gasteiger partial charge in [-0.05, 0) is 18.7 Å². The summed E-state index contributed by atoms with van der Waals surface area (Å²) in [4.78, 5) is 30.1. The number of nitrogens with zero attached hydrogens (tertiary/aromatic N) is 4. The van der Waals surface area contributed by atoms with Gasteiger partial charge in [-0.25, -0.2) is 19.3 Å². The smallest absolute Gasteiger partial charge is 0.321 e. The normalized spacial score (nSPS) is 16.2. The van der Waals surface area contributed by atoms with E-state index in [-0.39, 0.29) is 5.82 Å². The van der Waals surface area contributed by atoms with Gasteiger partial charge in [0.25, 0.3) is 0 Å². The van der Waals surface area contributed by atoms with Gasteiger partial charge in [-0.15, -0.1) is 0 Å². The molecule has 10 nitrogen and oxygen atoms in total. The number of aromatic nitrogens is 4. The molecular weight excluding hydrogens is 364 g/mol. The van der Waals surface area contributed by atoms with Crippen LogP contribution in [-0.2, 0) is 21.1 Å². The molecule has 0 saturated heterocycles. The predicted molar refractivity (Wildman–Crippen MR) is 86.0 cm³/mol. The van der Waals surface area contributed by atoms with Crippen molar-refractivity contribution in [1.82, 2.24) is 19.5 Å². The van der Waals surface area contributed by atoms with Gasteiger partial charge in [0.1, 0.15) is 37.0 Å². The van der Waals surface area contributed by atoms with Gasteiger partial charge in [-0.2, -0.15) is 0 Å². The van der Waals surface area contributed by atoms with Crippen LogP contribution in [0.4, 0.5) is 10.2 Å². The molecule has 24 heavy (non-hydrogen) atoms. The molecule has 0 radical (unpaired) electrons. The van der Waals surface area contributed by atoms with Crippen LogP contribution in [0.2, 0.25) is 0 Å². The number of alkyl halides is 1. The second-order valence-corrected chi connectivity index (χ2v) is 7.53. The van der Waals surface area contributed by atoms with E-state index in [1.54, 1.807) is 6.92 Å². The van der Waals surface area contributed by atoms with E-state index in [1.807, 2.05) is 0 Å². The summed E-state index contributed by atoms with van der Waals surface area (Å²) in [6.07, 6.45) is -0.809. The Morgan fingerprint density at radius 3 is 2.75 bits per heavy atom. The summed E-state index contributed by atoms with van der Waals surface area (Å²) in [6.45, 7) is -3.96. The average molecular weight is 381 g/mol. The summed E-state index contributed by atoms with van der Waals surface area (Å²) in [5.41, 5.74) is 6.45. The van der Waals surface area contributed by atoms with Gasteiger partial charge in [0.2, 0.25) is 0 Å². The van der Waals surface area contributed by atoms with Gasteiger partial charge in [-0.1, -0.05) is 0 Å². The fourth-order valence-electron chi connectivity index (χ4n) is 1.97. The second kappa shape index (κ2) is 7.74. The summed E-state index contributed by atoms with van der Waals surface area (Å²) < 4.78 is 24.5. The van der Waals surface area contributed by atoms with E-state index in [4.69, 9.17) is 20.3 Å². The molecule has 0 aliphatic rings. The molecule has 0 fully saturated rings. The maximum absolute atomic E-state index is 12.8. The number of hydrogen-bond acceptors (Lipinski definition) is 8. The SMILES string of the molecule is C[C@@H](OC(COP(O)(O)=S)[C@H](O)CF)n1cnc2c(N)ncnc21. The zero-order valence-corrected chi connectivity index (χ0v) is 14.3. The van der Waals surface area contributed by atoms with Crippen LogP contribution in [0.3, 0.4) is 0 Å². The Morgan fingerprint density at radius 1 is 1.42 bits per heavy atom. The van der Waals surface area contributed by atoms with Crippen molar-refractivity contribution in [2.75, 3.05) is 19.0 Å². The highest BCUT2D eigenvalue weighted by Gasteiger charge is 2.26. The Balaban J connectivity index is 2.18. The molecule has 0 saturated carbocycles. The highest BCUT2D eigenvalue weighted by atomic mass is 32.5. The number of hydrogen-bond donors (Lipinski definition) is 4. The first-order valence-electron chi connectivity index (χ1n) is 6.75. The topological polar surface area (TPSA) is 149 Å². The van der Waals surface area contributed by atoms with Crippen LogP contribution >= 0.6 is 6.72 Å². The third kappa shape index (κ3) is 4.63. The van der Waals surface area contributed by atoms with Gasteiger partial charge < -0.3 is 29.9 Å². The molecule has 1 unspecified atom stereocenters. The van der Waals surface area contributed by atoms with Gasteiger partial charge in [0.05, 0.1) is 12.9 Å². The molecule has 3 atom stereocenters. The lowest BCUT2D eigenvalue weighted by Crippen LogP contribution is -2.36. The van der Waals surface area contributed by atoms with E-state index >= 15 is 0 Å². The number of aliphatic hydroxyl groups is 1. The summed E-state index contributed by atoms with van der Waals surface area (Å²) in [7, 11) is 0. The van der Waals surface area contributed by atoms with Crippen molar-refractivity contribution in [1.29, 1.82) is 0 Å². The van der Waals surface area contributed by atoms with Gasteiger partial charge in [0, 0.05) is 0 Å². The number of rotatable bonds is 8. The molecular formula is C11H17FN5O5PS.